The first-order valence-electron chi connectivity index (χ1n) is 21.2. The summed E-state index contributed by atoms with van der Waals surface area (Å²) in [6.07, 6.45) is 7.14. The molecule has 1 aliphatic heterocycles. The maximum atomic E-state index is 6.38. The van der Waals surface area contributed by atoms with Crippen molar-refractivity contribution in [3.8, 4) is 34.2 Å². The van der Waals surface area contributed by atoms with Crippen LogP contribution in [0.4, 0.5) is 11.4 Å². The van der Waals surface area contributed by atoms with Crippen molar-refractivity contribution in [2.24, 2.45) is 0 Å². The Morgan fingerprint density at radius 2 is 1.03 bits per heavy atom. The quantitative estimate of drug-likeness (QED) is 0.163. The third-order valence-corrected chi connectivity index (χ3v) is 12.8. The SMILES string of the molecule is C1=CC2C(C=C1c1ccccc1)c1ccccc1N2c1cc(-c2nc(-c3ccccc3)nc(-c3cccc4oc5ccccc5c34)n2)c2c3ccccc3c3ccccc3c2c1. The molecule has 0 saturated carbocycles. The third kappa shape index (κ3) is 5.31. The summed E-state index contributed by atoms with van der Waals surface area (Å²) in [5.74, 6) is 1.98. The average Bonchev–Trinajstić information content (AvgIpc) is 3.90. The molecule has 0 fully saturated rings. The number of nitrogens with zero attached hydrogens (tertiary/aromatic N) is 4. The van der Waals surface area contributed by atoms with Gasteiger partial charge in [-0.3, -0.25) is 0 Å². The molecule has 13 rings (SSSR count). The lowest BCUT2D eigenvalue weighted by Gasteiger charge is -2.31. The number of hydrogen-bond acceptors (Lipinski definition) is 5. The molecular formula is C57H36N4O. The van der Waals surface area contributed by atoms with E-state index in [-0.39, 0.29) is 12.0 Å². The molecule has 11 aromatic rings. The summed E-state index contributed by atoms with van der Waals surface area (Å²) in [6.45, 7) is 0. The molecule has 290 valence electrons. The zero-order valence-electron chi connectivity index (χ0n) is 33.5. The van der Waals surface area contributed by atoms with Crippen molar-refractivity contribution in [1.82, 2.24) is 15.0 Å². The molecule has 2 aliphatic rings. The van der Waals surface area contributed by atoms with Gasteiger partial charge >= 0.3 is 0 Å². The summed E-state index contributed by atoms with van der Waals surface area (Å²) < 4.78 is 6.38. The second-order valence-electron chi connectivity index (χ2n) is 16.2. The Bertz CT molecular complexity index is 3660. The maximum absolute atomic E-state index is 6.38. The summed E-state index contributed by atoms with van der Waals surface area (Å²) in [5.41, 5.74) is 10.5. The molecule has 62 heavy (non-hydrogen) atoms. The van der Waals surface area contributed by atoms with E-state index in [0.717, 1.165) is 60.5 Å². The lowest BCUT2D eigenvalue weighted by molar-refractivity contribution is 0.669. The van der Waals surface area contributed by atoms with Crippen molar-refractivity contribution in [3.05, 3.63) is 217 Å². The minimum atomic E-state index is 0.0673. The molecule has 0 amide bonds. The van der Waals surface area contributed by atoms with Crippen LogP contribution in [0.15, 0.2) is 211 Å². The van der Waals surface area contributed by atoms with Gasteiger partial charge in [-0.15, -0.1) is 0 Å². The van der Waals surface area contributed by atoms with E-state index in [2.05, 4.69) is 169 Å². The fraction of sp³-hybridized carbons (Fsp3) is 0.0351. The van der Waals surface area contributed by atoms with Crippen LogP contribution in [0.2, 0.25) is 0 Å². The van der Waals surface area contributed by atoms with Gasteiger partial charge in [0.1, 0.15) is 11.2 Å². The molecule has 5 nitrogen and oxygen atoms in total. The van der Waals surface area contributed by atoms with E-state index in [1.54, 1.807) is 0 Å². The molecular weight excluding hydrogens is 757 g/mol. The Hall–Kier alpha value is -8.15. The zero-order valence-corrected chi connectivity index (χ0v) is 33.5. The highest BCUT2D eigenvalue weighted by atomic mass is 16.3. The predicted molar refractivity (Wildman–Crippen MR) is 255 cm³/mol. The molecule has 3 heterocycles. The first-order valence-corrected chi connectivity index (χ1v) is 21.2. The van der Waals surface area contributed by atoms with Crippen molar-refractivity contribution in [2.75, 3.05) is 4.90 Å². The smallest absolute Gasteiger partial charge is 0.164 e. The van der Waals surface area contributed by atoms with Gasteiger partial charge in [0.05, 0.1) is 6.04 Å². The average molecular weight is 793 g/mol. The highest BCUT2D eigenvalue weighted by molar-refractivity contribution is 6.29. The summed E-state index contributed by atoms with van der Waals surface area (Å²) >= 11 is 0. The van der Waals surface area contributed by atoms with Crippen LogP contribution in [0.5, 0.6) is 0 Å². The number of aromatic nitrogens is 3. The maximum Gasteiger partial charge on any atom is 0.164 e. The van der Waals surface area contributed by atoms with Gasteiger partial charge in [-0.1, -0.05) is 176 Å². The van der Waals surface area contributed by atoms with Crippen molar-refractivity contribution in [3.63, 3.8) is 0 Å². The van der Waals surface area contributed by atoms with Gasteiger partial charge in [-0.25, -0.2) is 15.0 Å². The molecule has 1 aliphatic carbocycles. The van der Waals surface area contributed by atoms with Crippen LogP contribution >= 0.6 is 0 Å². The van der Waals surface area contributed by atoms with Crippen LogP contribution in [-0.2, 0) is 0 Å². The fourth-order valence-electron chi connectivity index (χ4n) is 10.1. The summed E-state index contributed by atoms with van der Waals surface area (Å²) in [7, 11) is 0. The van der Waals surface area contributed by atoms with E-state index in [0.29, 0.717) is 17.5 Å². The molecule has 2 unspecified atom stereocenters. The third-order valence-electron chi connectivity index (χ3n) is 12.8. The highest BCUT2D eigenvalue weighted by Crippen LogP contribution is 2.51. The van der Waals surface area contributed by atoms with Gasteiger partial charge in [-0.05, 0) is 74.0 Å². The minimum Gasteiger partial charge on any atom is -0.456 e. The normalized spacial score (nSPS) is 15.7. The van der Waals surface area contributed by atoms with E-state index in [4.69, 9.17) is 19.4 Å². The summed E-state index contributed by atoms with van der Waals surface area (Å²) in [4.78, 5) is 18.7. The van der Waals surface area contributed by atoms with Crippen molar-refractivity contribution in [2.45, 2.75) is 12.0 Å². The predicted octanol–water partition coefficient (Wildman–Crippen LogP) is 14.5. The van der Waals surface area contributed by atoms with Crippen LogP contribution < -0.4 is 4.90 Å². The van der Waals surface area contributed by atoms with Crippen LogP contribution in [0.25, 0.3) is 94.0 Å². The number of anilines is 2. The lowest BCUT2D eigenvalue weighted by Crippen LogP contribution is -2.29. The van der Waals surface area contributed by atoms with Crippen molar-refractivity contribution in [1.29, 1.82) is 0 Å². The summed E-state index contributed by atoms with van der Waals surface area (Å²) in [5, 5.41) is 9.02. The lowest BCUT2D eigenvalue weighted by atomic mass is 9.86. The van der Waals surface area contributed by atoms with E-state index < -0.39 is 0 Å². The molecule has 5 heteroatoms. The van der Waals surface area contributed by atoms with Crippen LogP contribution in [0.3, 0.4) is 0 Å². The Kier molecular flexibility index (Phi) is 7.66. The molecule has 0 spiro atoms. The Balaban J connectivity index is 1.11. The van der Waals surface area contributed by atoms with Gasteiger partial charge in [0.15, 0.2) is 17.5 Å². The van der Waals surface area contributed by atoms with E-state index >= 15 is 0 Å². The molecule has 2 aromatic heterocycles. The first-order chi connectivity index (χ1) is 30.7. The molecule has 0 bridgehead atoms. The topological polar surface area (TPSA) is 55.1 Å². The number of fused-ring (bicyclic) bond motifs is 12. The first kappa shape index (κ1) is 34.7. The van der Waals surface area contributed by atoms with Crippen molar-refractivity contribution < 1.29 is 4.42 Å². The fourth-order valence-corrected chi connectivity index (χ4v) is 10.1. The number of hydrogen-bond donors (Lipinski definition) is 0. The molecule has 0 N–H and O–H groups in total. The highest BCUT2D eigenvalue weighted by Gasteiger charge is 2.39. The van der Waals surface area contributed by atoms with E-state index in [1.807, 2.05) is 42.5 Å². The number of benzene rings is 9. The Morgan fingerprint density at radius 3 is 1.82 bits per heavy atom. The van der Waals surface area contributed by atoms with Gasteiger partial charge < -0.3 is 9.32 Å². The van der Waals surface area contributed by atoms with Crippen molar-refractivity contribution >= 4 is 71.2 Å². The second kappa shape index (κ2) is 13.7. The van der Waals surface area contributed by atoms with Crippen LogP contribution in [-0.4, -0.2) is 21.0 Å². The number of allylic oxidation sites excluding steroid dienone is 2. The number of rotatable bonds is 5. The van der Waals surface area contributed by atoms with Gasteiger partial charge in [0.25, 0.3) is 0 Å². The van der Waals surface area contributed by atoms with Gasteiger partial charge in [-0.2, -0.15) is 0 Å². The minimum absolute atomic E-state index is 0.0673. The standard InChI is InChI=1S/C57H36N4O/c1-3-16-35(17-4-1)37-30-31-50-46(32-37)42-23-11-13-27-49(42)61(50)38-33-47-41-22-8-7-20-39(41)40-21-9-10-24-43(40)53(47)48(34-38)57-59-55(36-18-5-2-6-19-36)58-56(60-57)45-26-15-29-52-54(45)44-25-12-14-28-51(44)62-52/h1-34,46,50H. The zero-order chi connectivity index (χ0) is 40.7. The monoisotopic (exact) mass is 792 g/mol. The van der Waals surface area contributed by atoms with Crippen LogP contribution in [0.1, 0.15) is 17.0 Å². The van der Waals surface area contributed by atoms with Gasteiger partial charge in [0.2, 0.25) is 0 Å². The second-order valence-corrected chi connectivity index (χ2v) is 16.2. The van der Waals surface area contributed by atoms with Gasteiger partial charge in [0, 0.05) is 50.1 Å². The molecule has 0 saturated heterocycles. The number of furan rings is 1. The summed E-state index contributed by atoms with van der Waals surface area (Å²) in [6, 6.07) is 66.5. The van der Waals surface area contributed by atoms with E-state index in [9.17, 15) is 0 Å². The van der Waals surface area contributed by atoms with E-state index in [1.165, 1.54) is 38.5 Å². The molecule has 9 aromatic carbocycles. The Labute approximate surface area is 357 Å². The molecule has 0 radical (unpaired) electrons. The number of para-hydroxylation sites is 2. The molecule has 2 atom stereocenters. The largest absolute Gasteiger partial charge is 0.456 e. The van der Waals surface area contributed by atoms with Crippen LogP contribution in [0, 0.1) is 0 Å². The Morgan fingerprint density at radius 1 is 0.435 bits per heavy atom.